The van der Waals surface area contributed by atoms with Gasteiger partial charge in [0.1, 0.15) is 11.5 Å². The van der Waals surface area contributed by atoms with Gasteiger partial charge in [0.2, 0.25) is 0 Å². The first kappa shape index (κ1) is 19.0. The molecule has 0 unspecified atom stereocenters. The molecule has 0 aromatic carbocycles. The fraction of sp³-hybridized carbons (Fsp3) is 0.278. The van der Waals surface area contributed by atoms with Crippen molar-refractivity contribution in [2.75, 3.05) is 0 Å². The first-order valence-corrected chi connectivity index (χ1v) is 7.98. The summed E-state index contributed by atoms with van der Waals surface area (Å²) >= 11 is 0. The van der Waals surface area contributed by atoms with Gasteiger partial charge in [-0.25, -0.2) is 0 Å². The molecule has 0 saturated carbocycles. The minimum atomic E-state index is -1.40. The van der Waals surface area contributed by atoms with Crippen LogP contribution < -0.4 is 15.7 Å². The fourth-order valence-electron chi connectivity index (χ4n) is 2.19. The van der Waals surface area contributed by atoms with Crippen molar-refractivity contribution in [1.82, 2.24) is 10.6 Å². The molecule has 0 radical (unpaired) electrons. The molecular weight excluding hydrogens is 340 g/mol. The number of nitrogens with one attached hydrogen (secondary N) is 2. The van der Waals surface area contributed by atoms with Crippen molar-refractivity contribution in [2.45, 2.75) is 26.3 Å². The maximum Gasteiger partial charge on any atom is 0.291 e. The predicted molar refractivity (Wildman–Crippen MR) is 89.3 cm³/mol. The Bertz CT molecular complexity index is 775. The maximum atomic E-state index is 12.5. The van der Waals surface area contributed by atoms with E-state index in [0.717, 1.165) is 0 Å². The Morgan fingerprint density at radius 2 is 1.85 bits per heavy atom. The normalized spacial score (nSPS) is 12.7. The van der Waals surface area contributed by atoms with E-state index in [1.165, 1.54) is 30.7 Å². The second kappa shape index (κ2) is 8.70. The third-order valence-corrected chi connectivity index (χ3v) is 3.36. The molecule has 2 rings (SSSR count). The summed E-state index contributed by atoms with van der Waals surface area (Å²) in [6, 6.07) is 4.96. The van der Waals surface area contributed by atoms with Gasteiger partial charge in [-0.3, -0.25) is 9.59 Å². The highest BCUT2D eigenvalue weighted by Crippen LogP contribution is 2.10. The first-order chi connectivity index (χ1) is 12.4. The third-order valence-electron chi connectivity index (χ3n) is 3.36. The minimum Gasteiger partial charge on any atom is -0.548 e. The van der Waals surface area contributed by atoms with Gasteiger partial charge in [0.25, 0.3) is 11.8 Å². The fourth-order valence-corrected chi connectivity index (χ4v) is 2.19. The van der Waals surface area contributed by atoms with E-state index in [-0.39, 0.29) is 23.8 Å². The van der Waals surface area contributed by atoms with Crippen LogP contribution in [-0.4, -0.2) is 23.8 Å². The number of hydrogen-bond donors (Lipinski definition) is 2. The van der Waals surface area contributed by atoms with Gasteiger partial charge < -0.3 is 29.4 Å². The summed E-state index contributed by atoms with van der Waals surface area (Å²) in [6.07, 6.45) is 4.20. The Morgan fingerprint density at radius 1 is 1.15 bits per heavy atom. The Hall–Kier alpha value is -3.29. The standard InChI is InChI=1S/C18H20N2O6/c1-11(2)9-14(18(23)24)20-16(21)13(10-12-5-3-7-25-12)19-17(22)15-6-4-8-26-15/h3-8,10-11,14H,9H2,1-2H3,(H,19,22)(H,20,21)(H,23,24)/p-1/b13-10-/t14-/m1/s1. The number of carboxylic acid groups (broad SMARTS) is 1. The number of hydrogen-bond acceptors (Lipinski definition) is 6. The maximum absolute atomic E-state index is 12.5. The number of carboxylic acids is 1. The van der Waals surface area contributed by atoms with Gasteiger partial charge >= 0.3 is 0 Å². The number of aliphatic carboxylic acids is 1. The molecule has 8 nitrogen and oxygen atoms in total. The molecule has 0 aliphatic rings. The number of carbonyl (C=O) groups is 3. The van der Waals surface area contributed by atoms with Gasteiger partial charge in [0.15, 0.2) is 5.76 Å². The van der Waals surface area contributed by atoms with Crippen LogP contribution in [0.5, 0.6) is 0 Å². The van der Waals surface area contributed by atoms with Gasteiger partial charge in [-0.2, -0.15) is 0 Å². The summed E-state index contributed by atoms with van der Waals surface area (Å²) < 4.78 is 10.1. The number of furan rings is 2. The summed E-state index contributed by atoms with van der Waals surface area (Å²) in [6.45, 7) is 3.64. The minimum absolute atomic E-state index is 0.00164. The summed E-state index contributed by atoms with van der Waals surface area (Å²) in [4.78, 5) is 35.9. The van der Waals surface area contributed by atoms with Gasteiger partial charge in [-0.05, 0) is 36.6 Å². The molecule has 138 valence electrons. The van der Waals surface area contributed by atoms with E-state index in [2.05, 4.69) is 10.6 Å². The van der Waals surface area contributed by atoms with E-state index < -0.39 is 23.8 Å². The van der Waals surface area contributed by atoms with Crippen LogP contribution in [0, 0.1) is 5.92 Å². The van der Waals surface area contributed by atoms with Crippen LogP contribution >= 0.6 is 0 Å². The van der Waals surface area contributed by atoms with E-state index >= 15 is 0 Å². The smallest absolute Gasteiger partial charge is 0.291 e. The molecular formula is C18H19N2O6-. The Kier molecular flexibility index (Phi) is 6.37. The highest BCUT2D eigenvalue weighted by atomic mass is 16.4. The second-order valence-electron chi connectivity index (χ2n) is 5.98. The number of carbonyl (C=O) groups excluding carboxylic acids is 3. The monoisotopic (exact) mass is 359 g/mol. The van der Waals surface area contributed by atoms with Crippen LogP contribution in [0.4, 0.5) is 0 Å². The van der Waals surface area contributed by atoms with Crippen LogP contribution in [0.2, 0.25) is 0 Å². The Labute approximate surface area is 149 Å². The van der Waals surface area contributed by atoms with Crippen LogP contribution in [0.1, 0.15) is 36.6 Å². The molecule has 0 fully saturated rings. The highest BCUT2D eigenvalue weighted by Gasteiger charge is 2.21. The van der Waals surface area contributed by atoms with Crippen molar-refractivity contribution in [3.63, 3.8) is 0 Å². The molecule has 0 aliphatic heterocycles. The van der Waals surface area contributed by atoms with Crippen molar-refractivity contribution in [3.05, 3.63) is 54.0 Å². The lowest BCUT2D eigenvalue weighted by Gasteiger charge is -2.22. The third kappa shape index (κ3) is 5.37. The van der Waals surface area contributed by atoms with Crippen molar-refractivity contribution < 1.29 is 28.3 Å². The second-order valence-corrected chi connectivity index (χ2v) is 5.98. The van der Waals surface area contributed by atoms with Gasteiger partial charge in [0, 0.05) is 6.08 Å². The summed E-state index contributed by atoms with van der Waals surface area (Å²) in [5, 5.41) is 16.0. The van der Waals surface area contributed by atoms with Gasteiger partial charge in [0.05, 0.1) is 24.5 Å². The van der Waals surface area contributed by atoms with E-state index in [9.17, 15) is 19.5 Å². The lowest BCUT2D eigenvalue weighted by Crippen LogP contribution is -2.50. The van der Waals surface area contributed by atoms with Crippen LogP contribution in [0.3, 0.4) is 0 Å². The predicted octanol–water partition coefficient (Wildman–Crippen LogP) is 0.924. The lowest BCUT2D eigenvalue weighted by atomic mass is 10.0. The zero-order valence-corrected chi connectivity index (χ0v) is 14.4. The van der Waals surface area contributed by atoms with Crippen LogP contribution in [0.15, 0.2) is 51.3 Å². The van der Waals surface area contributed by atoms with Crippen molar-refractivity contribution in [2.24, 2.45) is 5.92 Å². The molecule has 2 N–H and O–H groups in total. The van der Waals surface area contributed by atoms with Crippen molar-refractivity contribution in [1.29, 1.82) is 0 Å². The molecule has 26 heavy (non-hydrogen) atoms. The molecule has 0 spiro atoms. The number of amides is 2. The quantitative estimate of drug-likeness (QED) is 0.676. The molecule has 1 atom stereocenters. The first-order valence-electron chi connectivity index (χ1n) is 7.98. The molecule has 2 heterocycles. The van der Waals surface area contributed by atoms with Crippen LogP contribution in [0.25, 0.3) is 6.08 Å². The van der Waals surface area contributed by atoms with E-state index in [1.54, 1.807) is 12.1 Å². The zero-order valence-electron chi connectivity index (χ0n) is 14.4. The van der Waals surface area contributed by atoms with Gasteiger partial charge in [-0.1, -0.05) is 13.8 Å². The largest absolute Gasteiger partial charge is 0.548 e. The van der Waals surface area contributed by atoms with Crippen LogP contribution in [-0.2, 0) is 9.59 Å². The van der Waals surface area contributed by atoms with E-state index in [0.29, 0.717) is 5.76 Å². The molecule has 2 aromatic rings. The Balaban J connectivity index is 2.21. The van der Waals surface area contributed by atoms with Crippen molar-refractivity contribution in [3.8, 4) is 0 Å². The average Bonchev–Trinajstić information content (AvgIpc) is 3.26. The topological polar surface area (TPSA) is 125 Å². The zero-order chi connectivity index (χ0) is 19.1. The number of rotatable bonds is 8. The SMILES string of the molecule is CC(C)C[C@@H](NC(=O)/C(=C/c1ccco1)NC(=O)c1ccco1)C(=O)[O-]. The van der Waals surface area contributed by atoms with Gasteiger partial charge in [-0.15, -0.1) is 0 Å². The van der Waals surface area contributed by atoms with Crippen molar-refractivity contribution >= 4 is 23.9 Å². The Morgan fingerprint density at radius 3 is 2.38 bits per heavy atom. The lowest BCUT2D eigenvalue weighted by molar-refractivity contribution is -0.308. The molecule has 0 aliphatic carbocycles. The summed E-state index contributed by atoms with van der Waals surface area (Å²) in [5.74, 6) is -2.51. The molecule has 0 saturated heterocycles. The molecule has 8 heteroatoms. The van der Waals surface area contributed by atoms with E-state index in [4.69, 9.17) is 8.83 Å². The average molecular weight is 359 g/mol. The highest BCUT2D eigenvalue weighted by molar-refractivity contribution is 6.05. The molecule has 2 amide bonds. The van der Waals surface area contributed by atoms with E-state index in [1.807, 2.05) is 13.8 Å². The summed E-state index contributed by atoms with van der Waals surface area (Å²) in [5.41, 5.74) is -0.184. The summed E-state index contributed by atoms with van der Waals surface area (Å²) in [7, 11) is 0. The molecule has 0 bridgehead atoms. The molecule has 2 aromatic heterocycles.